The van der Waals surface area contributed by atoms with E-state index in [1.165, 1.54) is 24.3 Å². The molecule has 1 fully saturated rings. The van der Waals surface area contributed by atoms with Crippen molar-refractivity contribution >= 4 is 5.97 Å². The summed E-state index contributed by atoms with van der Waals surface area (Å²) < 4.78 is 47.2. The first kappa shape index (κ1) is 22.0. The number of alkyl halides is 3. The van der Waals surface area contributed by atoms with Crippen molar-refractivity contribution in [3.63, 3.8) is 0 Å². The number of ether oxygens (including phenoxy) is 2. The molecule has 0 aromatic heterocycles. The normalized spacial score (nSPS) is 15.1. The fraction of sp³-hybridized carbons (Fsp3) is 0.435. The summed E-state index contributed by atoms with van der Waals surface area (Å²) in [6.07, 6.45) is -2.04. The minimum atomic E-state index is -4.76. The highest BCUT2D eigenvalue weighted by molar-refractivity contribution is 5.79. The van der Waals surface area contributed by atoms with Crippen LogP contribution >= 0.6 is 0 Å². The lowest BCUT2D eigenvalue weighted by molar-refractivity contribution is -0.274. The maximum absolute atomic E-state index is 12.4. The van der Waals surface area contributed by atoms with Gasteiger partial charge in [0.2, 0.25) is 0 Å². The van der Waals surface area contributed by atoms with Crippen LogP contribution in [0.5, 0.6) is 11.5 Å². The van der Waals surface area contributed by atoms with Crippen molar-refractivity contribution < 1.29 is 32.5 Å². The fourth-order valence-electron chi connectivity index (χ4n) is 3.29. The summed E-state index contributed by atoms with van der Waals surface area (Å²) in [6.45, 7) is 4.49. The lowest BCUT2D eigenvalue weighted by Crippen LogP contribution is -2.17. The topological polar surface area (TPSA) is 55.8 Å². The summed E-state index contributed by atoms with van der Waals surface area (Å²) in [5.41, 5.74) is 1.92. The molecule has 2 aromatic carbocycles. The Morgan fingerprint density at radius 1 is 1.13 bits per heavy atom. The average molecular weight is 422 g/mol. The summed E-state index contributed by atoms with van der Waals surface area (Å²) in [6, 6.07) is 10.8. The summed E-state index contributed by atoms with van der Waals surface area (Å²) in [4.78, 5) is 11.8. The molecular weight excluding hydrogens is 397 g/mol. The third-order valence-corrected chi connectivity index (χ3v) is 4.98. The van der Waals surface area contributed by atoms with Gasteiger partial charge in [-0.3, -0.25) is 4.79 Å². The molecule has 0 bridgehead atoms. The number of rotatable bonds is 9. The summed E-state index contributed by atoms with van der Waals surface area (Å²) in [7, 11) is 0. The van der Waals surface area contributed by atoms with Crippen molar-refractivity contribution in [1.29, 1.82) is 0 Å². The Balaban J connectivity index is 1.94. The Kier molecular flexibility index (Phi) is 6.58. The molecule has 1 N–H and O–H groups in total. The Morgan fingerprint density at radius 3 is 2.33 bits per heavy atom. The highest BCUT2D eigenvalue weighted by Gasteiger charge is 2.31. The van der Waals surface area contributed by atoms with Crippen molar-refractivity contribution in [3.8, 4) is 22.6 Å². The van der Waals surface area contributed by atoms with E-state index in [1.54, 1.807) is 18.2 Å². The van der Waals surface area contributed by atoms with Crippen molar-refractivity contribution in [2.24, 2.45) is 11.8 Å². The van der Waals surface area contributed by atoms with Crippen molar-refractivity contribution in [2.45, 2.75) is 45.4 Å². The molecule has 162 valence electrons. The van der Waals surface area contributed by atoms with Crippen molar-refractivity contribution in [3.05, 3.63) is 48.0 Å². The summed E-state index contributed by atoms with van der Waals surface area (Å²) in [5.74, 6) is -0.592. The van der Waals surface area contributed by atoms with Gasteiger partial charge in [-0.05, 0) is 66.5 Å². The number of carboxylic acids is 1. The van der Waals surface area contributed by atoms with Gasteiger partial charge >= 0.3 is 12.3 Å². The molecule has 0 heterocycles. The van der Waals surface area contributed by atoms with Crippen molar-refractivity contribution in [2.75, 3.05) is 6.61 Å². The van der Waals surface area contributed by atoms with Crippen LogP contribution in [-0.2, 0) is 4.79 Å². The van der Waals surface area contributed by atoms with Gasteiger partial charge in [0.25, 0.3) is 0 Å². The van der Waals surface area contributed by atoms with Crippen LogP contribution in [0.3, 0.4) is 0 Å². The first-order chi connectivity index (χ1) is 14.1. The predicted octanol–water partition coefficient (Wildman–Crippen LogP) is 6.26. The highest BCUT2D eigenvalue weighted by Crippen LogP contribution is 2.38. The van der Waals surface area contributed by atoms with Crippen LogP contribution in [0.1, 0.15) is 44.6 Å². The molecule has 1 aliphatic carbocycles. The molecule has 1 saturated carbocycles. The van der Waals surface area contributed by atoms with E-state index in [9.17, 15) is 23.1 Å². The number of carbonyl (C=O) groups is 1. The van der Waals surface area contributed by atoms with Crippen LogP contribution in [0.2, 0.25) is 0 Å². The smallest absolute Gasteiger partial charge is 0.493 e. The number of hydrogen-bond acceptors (Lipinski definition) is 3. The Morgan fingerprint density at radius 2 is 1.80 bits per heavy atom. The molecular formula is C23H25F3O4. The van der Waals surface area contributed by atoms with Crippen LogP contribution in [0.15, 0.2) is 42.5 Å². The largest absolute Gasteiger partial charge is 0.573 e. The van der Waals surface area contributed by atoms with E-state index in [-0.39, 0.29) is 11.7 Å². The third kappa shape index (κ3) is 6.15. The van der Waals surface area contributed by atoms with E-state index in [2.05, 4.69) is 4.74 Å². The maximum atomic E-state index is 12.4. The average Bonchev–Trinajstić information content (AvgIpc) is 3.48. The predicted molar refractivity (Wildman–Crippen MR) is 107 cm³/mol. The van der Waals surface area contributed by atoms with Gasteiger partial charge in [-0.25, -0.2) is 0 Å². The molecule has 4 nitrogen and oxygen atoms in total. The van der Waals surface area contributed by atoms with E-state index < -0.39 is 18.2 Å². The number of benzene rings is 2. The highest BCUT2D eigenvalue weighted by atomic mass is 19.4. The van der Waals surface area contributed by atoms with Crippen LogP contribution in [-0.4, -0.2) is 24.0 Å². The molecule has 1 aliphatic rings. The van der Waals surface area contributed by atoms with Gasteiger partial charge in [-0.15, -0.1) is 13.2 Å². The van der Waals surface area contributed by atoms with Gasteiger partial charge in [-0.1, -0.05) is 32.0 Å². The molecule has 30 heavy (non-hydrogen) atoms. The van der Waals surface area contributed by atoms with E-state index in [0.29, 0.717) is 41.4 Å². The zero-order valence-corrected chi connectivity index (χ0v) is 16.9. The molecule has 0 amide bonds. The fourth-order valence-corrected chi connectivity index (χ4v) is 3.29. The number of aliphatic carboxylic acids is 1. The second-order valence-electron chi connectivity index (χ2n) is 8.10. The monoisotopic (exact) mass is 422 g/mol. The van der Waals surface area contributed by atoms with E-state index >= 15 is 0 Å². The van der Waals surface area contributed by atoms with Crippen LogP contribution in [0.25, 0.3) is 11.1 Å². The molecule has 0 saturated heterocycles. The van der Waals surface area contributed by atoms with Gasteiger partial charge in [-0.2, -0.15) is 0 Å². The van der Waals surface area contributed by atoms with Gasteiger partial charge < -0.3 is 14.6 Å². The number of hydrogen-bond donors (Lipinski definition) is 1. The van der Waals surface area contributed by atoms with Crippen LogP contribution in [0, 0.1) is 11.8 Å². The number of carboxylic acid groups (broad SMARTS) is 1. The molecule has 2 aromatic rings. The zero-order chi connectivity index (χ0) is 21.9. The molecule has 0 radical (unpaired) electrons. The van der Waals surface area contributed by atoms with Crippen LogP contribution < -0.4 is 9.47 Å². The van der Waals surface area contributed by atoms with Crippen molar-refractivity contribution in [1.82, 2.24) is 0 Å². The van der Waals surface area contributed by atoms with E-state index in [1.807, 2.05) is 13.8 Å². The maximum Gasteiger partial charge on any atom is 0.573 e. The first-order valence-corrected chi connectivity index (χ1v) is 9.98. The number of halogens is 3. The van der Waals surface area contributed by atoms with E-state index in [4.69, 9.17) is 4.74 Å². The van der Waals surface area contributed by atoms with Gasteiger partial charge in [0, 0.05) is 5.56 Å². The Hall–Kier alpha value is -2.70. The molecule has 0 aliphatic heterocycles. The van der Waals surface area contributed by atoms with Gasteiger partial charge in [0.05, 0.1) is 12.5 Å². The third-order valence-electron chi connectivity index (χ3n) is 4.98. The van der Waals surface area contributed by atoms with Gasteiger partial charge in [0.1, 0.15) is 11.5 Å². The Labute approximate surface area is 173 Å². The van der Waals surface area contributed by atoms with Crippen LogP contribution in [0.4, 0.5) is 13.2 Å². The van der Waals surface area contributed by atoms with E-state index in [0.717, 1.165) is 12.8 Å². The summed E-state index contributed by atoms with van der Waals surface area (Å²) in [5, 5.41) is 9.68. The minimum absolute atomic E-state index is 0.194. The minimum Gasteiger partial charge on any atom is -0.493 e. The molecule has 1 atom stereocenters. The molecule has 7 heteroatoms. The second-order valence-corrected chi connectivity index (χ2v) is 8.10. The quantitative estimate of drug-likeness (QED) is 0.519. The lowest BCUT2D eigenvalue weighted by atomic mass is 9.88. The Bertz CT molecular complexity index is 871. The zero-order valence-electron chi connectivity index (χ0n) is 16.9. The first-order valence-electron chi connectivity index (χ1n) is 9.98. The molecule has 1 unspecified atom stereocenters. The standard InChI is InChI=1S/C23H25F3O4/c1-14(2)11-20(22(27)28)17-7-10-21(29-13-15-3-4-15)19(12-17)16-5-8-18(9-6-16)30-23(24,25)26/h5-10,12,14-15,20H,3-4,11,13H2,1-2H3,(H,27,28). The second kappa shape index (κ2) is 8.98. The molecule has 0 spiro atoms. The lowest BCUT2D eigenvalue weighted by Gasteiger charge is -2.19. The molecule has 3 rings (SSSR count). The summed E-state index contributed by atoms with van der Waals surface area (Å²) >= 11 is 0. The van der Waals surface area contributed by atoms with Gasteiger partial charge in [0.15, 0.2) is 0 Å². The SMILES string of the molecule is CC(C)CC(C(=O)O)c1ccc(OCC2CC2)c(-c2ccc(OC(F)(F)F)cc2)c1.